The van der Waals surface area contributed by atoms with Crippen molar-refractivity contribution >= 4 is 11.9 Å². The van der Waals surface area contributed by atoms with Crippen LogP contribution in [0.25, 0.3) is 0 Å². The number of hydrogen-bond donors (Lipinski definition) is 0. The maximum Gasteiger partial charge on any atom is 0.335 e. The van der Waals surface area contributed by atoms with Gasteiger partial charge in [0, 0.05) is 0 Å². The maximum atomic E-state index is 10.8. The monoisotopic (exact) mass is 268 g/mol. The molecule has 0 aliphatic heterocycles. The Morgan fingerprint density at radius 2 is 1.17 bits per heavy atom. The summed E-state index contributed by atoms with van der Waals surface area (Å²) in [6.07, 6.45) is -3.03. The van der Waals surface area contributed by atoms with Crippen LogP contribution in [0.4, 0.5) is 0 Å². The molecule has 0 fully saturated rings. The molecule has 2 unspecified atom stereocenters. The second kappa shape index (κ2) is 7.08. The summed E-state index contributed by atoms with van der Waals surface area (Å²) in [5.74, 6) is -2.76. The van der Waals surface area contributed by atoms with E-state index in [4.69, 9.17) is 0 Å². The second-order valence-corrected chi connectivity index (χ2v) is 2.74. The van der Waals surface area contributed by atoms with Gasteiger partial charge in [0.25, 0.3) is 0 Å². The predicted molar refractivity (Wildman–Crippen MR) is 47.3 cm³/mol. The highest BCUT2D eigenvalue weighted by Crippen LogP contribution is 2.01. The van der Waals surface area contributed by atoms with Gasteiger partial charge in [0.05, 0.1) is 0 Å². The van der Waals surface area contributed by atoms with Gasteiger partial charge < -0.3 is 0 Å². The van der Waals surface area contributed by atoms with Gasteiger partial charge in [0.15, 0.2) is 12.2 Å². The summed E-state index contributed by atoms with van der Waals surface area (Å²) in [7, 11) is 0. The van der Waals surface area contributed by atoms with Gasteiger partial charge in [0.1, 0.15) is 0 Å². The SMILES string of the molecule is CC(OOC(C)C(=O)O[N+](=O)[O-])C(=O)O[N+](=O)[O-]. The Labute approximate surface area is 98.5 Å². The van der Waals surface area contributed by atoms with Crippen molar-refractivity contribution in [3.63, 3.8) is 0 Å². The standard InChI is InChI=1S/C6H8N2O10/c1-3(5(9)15-7(11)12)17-18-4(2)6(10)16-8(13)14/h3-4H,1-2H3. The fourth-order valence-corrected chi connectivity index (χ4v) is 0.541. The van der Waals surface area contributed by atoms with Crippen molar-refractivity contribution in [2.45, 2.75) is 26.1 Å². The molecule has 0 bridgehead atoms. The van der Waals surface area contributed by atoms with Gasteiger partial charge in [0.2, 0.25) is 0 Å². The fraction of sp³-hybridized carbons (Fsp3) is 0.667. The topological polar surface area (TPSA) is 157 Å². The first-order valence-electron chi connectivity index (χ1n) is 4.28. The van der Waals surface area contributed by atoms with E-state index in [0.29, 0.717) is 0 Å². The first-order chi connectivity index (χ1) is 8.23. The van der Waals surface area contributed by atoms with Gasteiger partial charge in [-0.15, -0.1) is 20.2 Å². The number of carbonyl (C=O) groups is 2. The lowest BCUT2D eigenvalue weighted by atomic mass is 10.4. The van der Waals surface area contributed by atoms with E-state index in [9.17, 15) is 29.8 Å². The Balaban J connectivity index is 4.08. The lowest BCUT2D eigenvalue weighted by Crippen LogP contribution is -2.31. The Hall–Kier alpha value is -2.34. The van der Waals surface area contributed by atoms with Gasteiger partial charge in [-0.2, -0.15) is 0 Å². The summed E-state index contributed by atoms with van der Waals surface area (Å²) in [6.45, 7) is 2.08. The zero-order chi connectivity index (χ0) is 14.3. The maximum absolute atomic E-state index is 10.8. The summed E-state index contributed by atoms with van der Waals surface area (Å²) < 4.78 is 0. The third-order valence-electron chi connectivity index (χ3n) is 1.34. The van der Waals surface area contributed by atoms with Crippen LogP contribution in [0.3, 0.4) is 0 Å². The smallest absolute Gasteiger partial charge is 0.265 e. The molecular formula is C6H8N2O10. The van der Waals surface area contributed by atoms with Crippen molar-refractivity contribution in [2.24, 2.45) is 0 Å². The molecule has 12 nitrogen and oxygen atoms in total. The van der Waals surface area contributed by atoms with Crippen LogP contribution >= 0.6 is 0 Å². The molecule has 0 aromatic carbocycles. The van der Waals surface area contributed by atoms with Gasteiger partial charge in [-0.05, 0) is 13.8 Å². The molecule has 0 aromatic rings. The Morgan fingerprint density at radius 3 is 1.39 bits per heavy atom. The van der Waals surface area contributed by atoms with Crippen LogP contribution in [-0.4, -0.2) is 34.3 Å². The lowest BCUT2D eigenvalue weighted by Gasteiger charge is -2.12. The Bertz CT molecular complexity index is 320. The van der Waals surface area contributed by atoms with Crippen LogP contribution in [-0.2, 0) is 29.0 Å². The molecular weight excluding hydrogens is 260 g/mol. The first-order valence-corrected chi connectivity index (χ1v) is 4.28. The number of rotatable bonds is 7. The van der Waals surface area contributed by atoms with Crippen LogP contribution in [0.2, 0.25) is 0 Å². The molecule has 0 heterocycles. The van der Waals surface area contributed by atoms with E-state index in [1.807, 2.05) is 0 Å². The predicted octanol–water partition coefficient (Wildman–Crippen LogP) is -0.819. The minimum atomic E-state index is -1.51. The van der Waals surface area contributed by atoms with Crippen LogP contribution in [0.1, 0.15) is 13.8 Å². The van der Waals surface area contributed by atoms with Crippen LogP contribution < -0.4 is 0 Å². The van der Waals surface area contributed by atoms with Crippen molar-refractivity contribution in [1.29, 1.82) is 0 Å². The summed E-state index contributed by atoms with van der Waals surface area (Å²) in [4.78, 5) is 56.8. The highest BCUT2D eigenvalue weighted by molar-refractivity contribution is 5.74. The minimum Gasteiger partial charge on any atom is -0.265 e. The number of carbonyl (C=O) groups excluding carboxylic acids is 2. The third-order valence-corrected chi connectivity index (χ3v) is 1.34. The first kappa shape index (κ1) is 15.7. The van der Waals surface area contributed by atoms with E-state index < -0.39 is 34.3 Å². The molecule has 0 saturated heterocycles. The van der Waals surface area contributed by atoms with Gasteiger partial charge in [-0.3, -0.25) is 9.59 Å². The molecule has 0 aliphatic carbocycles. The molecule has 0 rings (SSSR count). The average Bonchev–Trinajstić information content (AvgIpc) is 2.23. The fourth-order valence-electron chi connectivity index (χ4n) is 0.541. The molecule has 12 heteroatoms. The number of nitrogens with zero attached hydrogens (tertiary/aromatic N) is 2. The van der Waals surface area contributed by atoms with Crippen molar-refractivity contribution in [2.75, 3.05) is 0 Å². The molecule has 2 atom stereocenters. The largest absolute Gasteiger partial charge is 0.335 e. The highest BCUT2D eigenvalue weighted by atomic mass is 17.2. The van der Waals surface area contributed by atoms with Crippen LogP contribution in [0.5, 0.6) is 0 Å². The third kappa shape index (κ3) is 6.29. The quantitative estimate of drug-likeness (QED) is 0.324. The lowest BCUT2D eigenvalue weighted by molar-refractivity contribution is -0.731. The summed E-state index contributed by atoms with van der Waals surface area (Å²) >= 11 is 0. The van der Waals surface area contributed by atoms with E-state index >= 15 is 0 Å². The van der Waals surface area contributed by atoms with E-state index in [2.05, 4.69) is 19.5 Å². The molecule has 18 heavy (non-hydrogen) atoms. The highest BCUT2D eigenvalue weighted by Gasteiger charge is 2.24. The zero-order valence-corrected chi connectivity index (χ0v) is 9.13. The molecule has 0 aliphatic rings. The Kier molecular flexibility index (Phi) is 6.16. The molecule has 0 aromatic heterocycles. The average molecular weight is 268 g/mol. The molecule has 0 radical (unpaired) electrons. The molecule has 102 valence electrons. The van der Waals surface area contributed by atoms with E-state index in [-0.39, 0.29) is 0 Å². The van der Waals surface area contributed by atoms with Crippen LogP contribution in [0.15, 0.2) is 0 Å². The normalized spacial score (nSPS) is 13.2. The molecule has 0 N–H and O–H groups in total. The van der Waals surface area contributed by atoms with E-state index in [1.165, 1.54) is 0 Å². The minimum absolute atomic E-state index is 1.04. The molecule has 0 spiro atoms. The van der Waals surface area contributed by atoms with Gasteiger partial charge in [-0.25, -0.2) is 19.5 Å². The van der Waals surface area contributed by atoms with Gasteiger partial charge in [-0.1, -0.05) is 0 Å². The zero-order valence-electron chi connectivity index (χ0n) is 9.13. The van der Waals surface area contributed by atoms with E-state index in [1.54, 1.807) is 0 Å². The Morgan fingerprint density at radius 1 is 0.889 bits per heavy atom. The summed E-state index contributed by atoms with van der Waals surface area (Å²) in [6, 6.07) is 0. The van der Waals surface area contributed by atoms with Crippen molar-refractivity contribution in [3.8, 4) is 0 Å². The number of hydrogen-bond acceptors (Lipinski definition) is 10. The summed E-state index contributed by atoms with van der Waals surface area (Å²) in [5, 5.41) is 16.9. The molecule has 0 saturated carbocycles. The van der Waals surface area contributed by atoms with Crippen molar-refractivity contribution < 1.29 is 39.2 Å². The summed E-state index contributed by atoms with van der Waals surface area (Å²) in [5.41, 5.74) is 0. The van der Waals surface area contributed by atoms with Crippen molar-refractivity contribution in [3.05, 3.63) is 20.2 Å². The van der Waals surface area contributed by atoms with Gasteiger partial charge >= 0.3 is 22.1 Å². The van der Waals surface area contributed by atoms with Crippen molar-refractivity contribution in [1.82, 2.24) is 0 Å². The molecule has 0 amide bonds. The van der Waals surface area contributed by atoms with Crippen LogP contribution in [0, 0.1) is 20.2 Å². The van der Waals surface area contributed by atoms with E-state index in [0.717, 1.165) is 13.8 Å². The second-order valence-electron chi connectivity index (χ2n) is 2.74.